The molecule has 0 spiro atoms. The monoisotopic (exact) mass is 392 g/mol. The second kappa shape index (κ2) is 8.85. The van der Waals surface area contributed by atoms with Gasteiger partial charge in [-0.2, -0.15) is 0 Å². The van der Waals surface area contributed by atoms with Gasteiger partial charge in [0.1, 0.15) is 24.7 Å². The molecule has 2 unspecified atom stereocenters. The van der Waals surface area contributed by atoms with Crippen molar-refractivity contribution in [1.29, 1.82) is 0 Å². The first-order chi connectivity index (χ1) is 14.2. The largest absolute Gasteiger partial charge is 0.493 e. The van der Waals surface area contributed by atoms with E-state index >= 15 is 0 Å². The zero-order valence-corrected chi connectivity index (χ0v) is 16.8. The molecule has 4 rings (SSSR count). The zero-order valence-electron chi connectivity index (χ0n) is 16.8. The number of hydrogen-bond acceptors (Lipinski definition) is 4. The fraction of sp³-hybridized carbons (Fsp3) is 0.360. The molecule has 2 atom stereocenters. The topological polar surface area (TPSA) is 47.9 Å². The highest BCUT2D eigenvalue weighted by Gasteiger charge is 2.39. The van der Waals surface area contributed by atoms with E-state index in [4.69, 9.17) is 14.2 Å². The van der Waals surface area contributed by atoms with Crippen molar-refractivity contribution in [2.75, 3.05) is 26.4 Å². The van der Waals surface area contributed by atoms with Gasteiger partial charge in [0, 0.05) is 5.92 Å². The Bertz CT molecular complexity index is 845. The summed E-state index contributed by atoms with van der Waals surface area (Å²) in [6.07, 6.45) is 6.40. The molecule has 0 radical (unpaired) electrons. The van der Waals surface area contributed by atoms with Gasteiger partial charge in [0.25, 0.3) is 0 Å². The molecule has 2 aromatic carbocycles. The van der Waals surface area contributed by atoms with E-state index in [9.17, 15) is 5.11 Å². The zero-order chi connectivity index (χ0) is 20.1. The van der Waals surface area contributed by atoms with Crippen LogP contribution in [-0.2, 0) is 16.1 Å². The Morgan fingerprint density at radius 3 is 2.41 bits per heavy atom. The van der Waals surface area contributed by atoms with Gasteiger partial charge in [-0.25, -0.2) is 0 Å². The van der Waals surface area contributed by atoms with Gasteiger partial charge in [-0.15, -0.1) is 0 Å². The molecular weight excluding hydrogens is 364 g/mol. The van der Waals surface area contributed by atoms with Gasteiger partial charge in [-0.1, -0.05) is 55.5 Å². The molecule has 4 heteroatoms. The number of allylic oxidation sites excluding steroid dienone is 3. The highest BCUT2D eigenvalue weighted by atomic mass is 16.5. The summed E-state index contributed by atoms with van der Waals surface area (Å²) in [5.74, 6) is 2.39. The van der Waals surface area contributed by atoms with Crippen molar-refractivity contribution >= 4 is 0 Å². The first-order valence-electron chi connectivity index (χ1n) is 10.2. The number of hydrogen-bond donors (Lipinski definition) is 1. The lowest BCUT2D eigenvalue weighted by atomic mass is 9.83. The maximum Gasteiger partial charge on any atom is 0.119 e. The van der Waals surface area contributed by atoms with Crippen LogP contribution in [0.5, 0.6) is 5.75 Å². The molecule has 1 N–H and O–H groups in total. The van der Waals surface area contributed by atoms with Crippen molar-refractivity contribution in [3.8, 4) is 5.75 Å². The molecule has 1 heterocycles. The summed E-state index contributed by atoms with van der Waals surface area (Å²) in [6, 6.07) is 18.5. The normalized spacial score (nSPS) is 22.5. The van der Waals surface area contributed by atoms with Crippen LogP contribution in [0.25, 0.3) is 0 Å². The van der Waals surface area contributed by atoms with Crippen molar-refractivity contribution in [2.24, 2.45) is 11.3 Å². The maximum absolute atomic E-state index is 9.53. The lowest BCUT2D eigenvalue weighted by molar-refractivity contribution is -0.160. The fourth-order valence-electron chi connectivity index (χ4n) is 3.68. The second-order valence-corrected chi connectivity index (χ2v) is 8.10. The Labute approximate surface area is 172 Å². The first kappa shape index (κ1) is 19.7. The molecule has 0 saturated carbocycles. The van der Waals surface area contributed by atoms with Crippen LogP contribution in [0.4, 0.5) is 0 Å². The van der Waals surface area contributed by atoms with Crippen LogP contribution in [0.2, 0.25) is 0 Å². The van der Waals surface area contributed by atoms with E-state index in [0.717, 1.165) is 17.1 Å². The van der Waals surface area contributed by atoms with Crippen LogP contribution >= 0.6 is 0 Å². The van der Waals surface area contributed by atoms with Crippen LogP contribution in [0.15, 0.2) is 78.6 Å². The van der Waals surface area contributed by atoms with Gasteiger partial charge in [-0.05, 0) is 41.3 Å². The van der Waals surface area contributed by atoms with Crippen LogP contribution < -0.4 is 4.74 Å². The second-order valence-electron chi connectivity index (χ2n) is 8.10. The SMILES string of the molecule is CC1C=C(OCC2(CO)COC2)C=CC1c1ccc(OCc2ccccc2)cc1. The highest BCUT2D eigenvalue weighted by Crippen LogP contribution is 2.34. The van der Waals surface area contributed by atoms with E-state index in [0.29, 0.717) is 38.3 Å². The number of aliphatic hydroxyl groups is 1. The summed E-state index contributed by atoms with van der Waals surface area (Å²) < 4.78 is 17.1. The minimum atomic E-state index is -0.232. The lowest BCUT2D eigenvalue weighted by Crippen LogP contribution is -2.49. The number of benzene rings is 2. The van der Waals surface area contributed by atoms with E-state index in [1.54, 1.807) is 0 Å². The van der Waals surface area contributed by atoms with Crippen molar-refractivity contribution in [3.05, 3.63) is 89.7 Å². The molecule has 2 aliphatic rings. The molecule has 4 nitrogen and oxygen atoms in total. The molecule has 29 heavy (non-hydrogen) atoms. The van der Waals surface area contributed by atoms with Crippen LogP contribution in [-0.4, -0.2) is 31.5 Å². The quantitative estimate of drug-likeness (QED) is 0.720. The lowest BCUT2D eigenvalue weighted by Gasteiger charge is -2.39. The molecular formula is C25H28O4. The van der Waals surface area contributed by atoms with Gasteiger partial charge in [0.05, 0.1) is 25.2 Å². The Morgan fingerprint density at radius 1 is 1.03 bits per heavy atom. The number of ether oxygens (including phenoxy) is 3. The van der Waals surface area contributed by atoms with Gasteiger partial charge < -0.3 is 19.3 Å². The Balaban J connectivity index is 1.32. The summed E-state index contributed by atoms with van der Waals surface area (Å²) in [7, 11) is 0. The summed E-state index contributed by atoms with van der Waals surface area (Å²) in [6.45, 7) is 4.50. The maximum atomic E-state index is 9.53. The molecule has 0 amide bonds. The minimum absolute atomic E-state index is 0.0981. The summed E-state index contributed by atoms with van der Waals surface area (Å²) in [5.41, 5.74) is 2.19. The van der Waals surface area contributed by atoms with Crippen molar-refractivity contribution in [2.45, 2.75) is 19.4 Å². The van der Waals surface area contributed by atoms with Crippen LogP contribution in [0, 0.1) is 11.3 Å². The van der Waals surface area contributed by atoms with Crippen molar-refractivity contribution in [3.63, 3.8) is 0 Å². The third-order valence-electron chi connectivity index (χ3n) is 5.67. The summed E-state index contributed by atoms with van der Waals surface area (Å²) >= 11 is 0. The van der Waals surface area contributed by atoms with E-state index < -0.39 is 0 Å². The molecule has 1 saturated heterocycles. The van der Waals surface area contributed by atoms with Gasteiger partial charge in [0.2, 0.25) is 0 Å². The van der Waals surface area contributed by atoms with Crippen molar-refractivity contribution < 1.29 is 19.3 Å². The molecule has 0 bridgehead atoms. The van der Waals surface area contributed by atoms with E-state index in [-0.39, 0.29) is 12.0 Å². The predicted octanol–water partition coefficient (Wildman–Crippen LogP) is 4.46. The number of aliphatic hydroxyl groups excluding tert-OH is 1. The molecule has 0 aromatic heterocycles. The predicted molar refractivity (Wildman–Crippen MR) is 113 cm³/mol. The van der Waals surface area contributed by atoms with Crippen LogP contribution in [0.3, 0.4) is 0 Å². The molecule has 1 aliphatic carbocycles. The molecule has 1 fully saturated rings. The smallest absolute Gasteiger partial charge is 0.119 e. The summed E-state index contributed by atoms with van der Waals surface area (Å²) in [4.78, 5) is 0. The van der Waals surface area contributed by atoms with Crippen LogP contribution in [0.1, 0.15) is 24.0 Å². The molecule has 1 aliphatic heterocycles. The molecule has 152 valence electrons. The first-order valence-corrected chi connectivity index (χ1v) is 10.2. The third kappa shape index (κ3) is 4.72. The Morgan fingerprint density at radius 2 is 1.79 bits per heavy atom. The fourth-order valence-corrected chi connectivity index (χ4v) is 3.68. The standard InChI is InChI=1S/C25H28O4/c1-19-13-23(29-18-25(15-26)16-27-17-25)11-12-24(19)21-7-9-22(10-8-21)28-14-20-5-3-2-4-6-20/h2-13,19,24,26H,14-18H2,1H3. The average Bonchev–Trinajstić information content (AvgIpc) is 2.73. The van der Waals surface area contributed by atoms with E-state index in [1.807, 2.05) is 36.4 Å². The third-order valence-corrected chi connectivity index (χ3v) is 5.67. The summed E-state index contributed by atoms with van der Waals surface area (Å²) in [5, 5.41) is 9.53. The van der Waals surface area contributed by atoms with Gasteiger partial charge in [0.15, 0.2) is 0 Å². The minimum Gasteiger partial charge on any atom is -0.493 e. The number of rotatable bonds is 8. The van der Waals surface area contributed by atoms with E-state index in [2.05, 4.69) is 43.3 Å². The highest BCUT2D eigenvalue weighted by molar-refractivity contribution is 5.36. The Kier molecular flexibility index (Phi) is 6.02. The Hall–Kier alpha value is -2.56. The molecule has 2 aromatic rings. The van der Waals surface area contributed by atoms with E-state index in [1.165, 1.54) is 5.56 Å². The van der Waals surface area contributed by atoms with Crippen molar-refractivity contribution in [1.82, 2.24) is 0 Å². The average molecular weight is 392 g/mol. The van der Waals surface area contributed by atoms with Gasteiger partial charge in [-0.3, -0.25) is 0 Å². The van der Waals surface area contributed by atoms with Gasteiger partial charge >= 0.3 is 0 Å².